The summed E-state index contributed by atoms with van der Waals surface area (Å²) in [4.78, 5) is 0. The second-order valence-corrected chi connectivity index (χ2v) is 6.32. The van der Waals surface area contributed by atoms with Crippen LogP contribution in [0.2, 0.25) is 0 Å². The summed E-state index contributed by atoms with van der Waals surface area (Å²) >= 11 is 0. The Morgan fingerprint density at radius 1 is 0.875 bits per heavy atom. The van der Waals surface area contributed by atoms with Crippen molar-refractivity contribution < 1.29 is 4.74 Å². The molecule has 2 rings (SSSR count). The van der Waals surface area contributed by atoms with E-state index in [-0.39, 0.29) is 0 Å². The first-order chi connectivity index (χ1) is 7.75. The van der Waals surface area contributed by atoms with E-state index < -0.39 is 0 Å². The smallest absolute Gasteiger partial charge is 0.0468 e. The van der Waals surface area contributed by atoms with Crippen LogP contribution in [-0.2, 0) is 4.74 Å². The van der Waals surface area contributed by atoms with Gasteiger partial charge in [0.2, 0.25) is 0 Å². The van der Waals surface area contributed by atoms with Crippen molar-refractivity contribution in [2.45, 2.75) is 58.8 Å². The Hall–Kier alpha value is -0.0400. The Balaban J connectivity index is 1.68. The first kappa shape index (κ1) is 12.4. The van der Waals surface area contributed by atoms with Crippen LogP contribution >= 0.6 is 0 Å². The van der Waals surface area contributed by atoms with Gasteiger partial charge in [0.1, 0.15) is 0 Å². The van der Waals surface area contributed by atoms with E-state index in [1.807, 2.05) is 0 Å². The van der Waals surface area contributed by atoms with Crippen LogP contribution in [0.25, 0.3) is 0 Å². The van der Waals surface area contributed by atoms with Crippen molar-refractivity contribution in [3.05, 3.63) is 0 Å². The van der Waals surface area contributed by atoms with Gasteiger partial charge in [0, 0.05) is 13.2 Å². The quantitative estimate of drug-likeness (QED) is 0.696. The van der Waals surface area contributed by atoms with Gasteiger partial charge in [-0.15, -0.1) is 0 Å². The molecule has 0 aromatic rings. The Morgan fingerprint density at radius 2 is 1.44 bits per heavy atom. The van der Waals surface area contributed by atoms with Crippen molar-refractivity contribution in [3.8, 4) is 0 Å². The molecule has 2 fully saturated rings. The molecule has 0 bridgehead atoms. The Morgan fingerprint density at radius 3 is 2.00 bits per heavy atom. The van der Waals surface area contributed by atoms with Gasteiger partial charge in [0.15, 0.2) is 0 Å². The molecule has 1 saturated heterocycles. The summed E-state index contributed by atoms with van der Waals surface area (Å²) in [5, 5.41) is 0. The molecule has 0 amide bonds. The van der Waals surface area contributed by atoms with Crippen LogP contribution in [0.5, 0.6) is 0 Å². The monoisotopic (exact) mass is 224 g/mol. The predicted octanol–water partition coefficient (Wildman–Crippen LogP) is 4.27. The second kappa shape index (κ2) is 6.05. The fourth-order valence-electron chi connectivity index (χ4n) is 3.54. The maximum absolute atomic E-state index is 5.44. The number of ether oxygens (including phenoxy) is 1. The molecule has 1 aliphatic heterocycles. The highest BCUT2D eigenvalue weighted by Gasteiger charge is 2.25. The topological polar surface area (TPSA) is 9.23 Å². The maximum Gasteiger partial charge on any atom is 0.0468 e. The number of hydrogen-bond acceptors (Lipinski definition) is 1. The molecule has 1 nitrogen and oxygen atoms in total. The van der Waals surface area contributed by atoms with Crippen LogP contribution in [0.4, 0.5) is 0 Å². The third-order valence-corrected chi connectivity index (χ3v) is 4.84. The van der Waals surface area contributed by atoms with Crippen LogP contribution in [0.3, 0.4) is 0 Å². The van der Waals surface area contributed by atoms with Crippen molar-refractivity contribution in [1.82, 2.24) is 0 Å². The zero-order chi connectivity index (χ0) is 11.4. The predicted molar refractivity (Wildman–Crippen MR) is 68.4 cm³/mol. The number of hydrogen-bond donors (Lipinski definition) is 0. The zero-order valence-corrected chi connectivity index (χ0v) is 11.1. The highest BCUT2D eigenvalue weighted by molar-refractivity contribution is 4.77. The lowest BCUT2D eigenvalue weighted by atomic mass is 9.73. The van der Waals surface area contributed by atoms with E-state index in [1.165, 1.54) is 44.9 Å². The normalized spacial score (nSPS) is 33.2. The molecule has 16 heavy (non-hydrogen) atoms. The molecule has 0 unspecified atom stereocenters. The molecule has 0 aromatic heterocycles. The molecule has 1 heterocycles. The first-order valence-corrected chi connectivity index (χ1v) is 7.33. The molecule has 2 aliphatic rings. The molecule has 1 saturated carbocycles. The third-order valence-electron chi connectivity index (χ3n) is 4.84. The fraction of sp³-hybridized carbons (Fsp3) is 1.00. The van der Waals surface area contributed by atoms with Crippen LogP contribution < -0.4 is 0 Å². The minimum absolute atomic E-state index is 0.907. The van der Waals surface area contributed by atoms with E-state index in [0.717, 1.165) is 36.9 Å². The summed E-state index contributed by atoms with van der Waals surface area (Å²) in [6.45, 7) is 6.82. The summed E-state index contributed by atoms with van der Waals surface area (Å²) in [6.07, 6.45) is 10.1. The van der Waals surface area contributed by atoms with Crippen LogP contribution in [0, 0.1) is 23.7 Å². The van der Waals surface area contributed by atoms with Gasteiger partial charge >= 0.3 is 0 Å². The average Bonchev–Trinajstić information content (AvgIpc) is 2.31. The lowest BCUT2D eigenvalue weighted by Gasteiger charge is -2.33. The summed E-state index contributed by atoms with van der Waals surface area (Å²) < 4.78 is 5.44. The zero-order valence-electron chi connectivity index (χ0n) is 11.1. The van der Waals surface area contributed by atoms with Crippen LogP contribution in [0.15, 0.2) is 0 Å². The van der Waals surface area contributed by atoms with Gasteiger partial charge in [-0.3, -0.25) is 0 Å². The molecule has 0 aromatic carbocycles. The molecular formula is C15H28O. The van der Waals surface area contributed by atoms with E-state index in [4.69, 9.17) is 4.74 Å². The summed E-state index contributed by atoms with van der Waals surface area (Å²) in [5.41, 5.74) is 0. The van der Waals surface area contributed by atoms with Gasteiger partial charge in [-0.05, 0) is 55.8 Å². The van der Waals surface area contributed by atoms with Crippen molar-refractivity contribution in [2.75, 3.05) is 13.2 Å². The highest BCUT2D eigenvalue weighted by Crippen LogP contribution is 2.37. The van der Waals surface area contributed by atoms with Crippen molar-refractivity contribution >= 4 is 0 Å². The largest absolute Gasteiger partial charge is 0.381 e. The van der Waals surface area contributed by atoms with E-state index in [9.17, 15) is 0 Å². The van der Waals surface area contributed by atoms with Gasteiger partial charge in [-0.2, -0.15) is 0 Å². The van der Waals surface area contributed by atoms with Crippen LogP contribution in [-0.4, -0.2) is 13.2 Å². The maximum atomic E-state index is 5.44. The van der Waals surface area contributed by atoms with Crippen LogP contribution in [0.1, 0.15) is 58.8 Å². The minimum Gasteiger partial charge on any atom is -0.381 e. The fourth-order valence-corrected chi connectivity index (χ4v) is 3.54. The Bertz CT molecular complexity index is 186. The van der Waals surface area contributed by atoms with E-state index in [1.54, 1.807) is 0 Å². The standard InChI is InChI=1S/C15H28O/c1-12(2)15-5-3-13(4-6-15)11-14-7-9-16-10-8-14/h12-15H,3-11H2,1-2H3. The third kappa shape index (κ3) is 3.48. The summed E-state index contributed by atoms with van der Waals surface area (Å²) in [5.74, 6) is 3.95. The summed E-state index contributed by atoms with van der Waals surface area (Å²) in [7, 11) is 0. The average molecular weight is 224 g/mol. The highest BCUT2D eigenvalue weighted by atomic mass is 16.5. The molecule has 94 valence electrons. The first-order valence-electron chi connectivity index (χ1n) is 7.33. The second-order valence-electron chi connectivity index (χ2n) is 6.32. The minimum atomic E-state index is 0.907. The van der Waals surface area contributed by atoms with Gasteiger partial charge in [0.05, 0.1) is 0 Å². The van der Waals surface area contributed by atoms with Gasteiger partial charge < -0.3 is 4.74 Å². The van der Waals surface area contributed by atoms with Gasteiger partial charge in [0.25, 0.3) is 0 Å². The number of rotatable bonds is 3. The van der Waals surface area contributed by atoms with E-state index in [2.05, 4.69) is 13.8 Å². The molecule has 0 N–H and O–H groups in total. The molecule has 0 spiro atoms. The molecule has 1 heteroatoms. The SMILES string of the molecule is CC(C)C1CCC(CC2CCOCC2)CC1. The summed E-state index contributed by atoms with van der Waals surface area (Å²) in [6, 6.07) is 0. The molecule has 1 aliphatic carbocycles. The molecular weight excluding hydrogens is 196 g/mol. The lowest BCUT2D eigenvalue weighted by molar-refractivity contribution is 0.0541. The Labute approximate surface area is 101 Å². The van der Waals surface area contributed by atoms with E-state index in [0.29, 0.717) is 0 Å². The van der Waals surface area contributed by atoms with Crippen molar-refractivity contribution in [3.63, 3.8) is 0 Å². The van der Waals surface area contributed by atoms with Crippen molar-refractivity contribution in [1.29, 1.82) is 0 Å². The molecule has 0 atom stereocenters. The Kier molecular flexibility index (Phi) is 4.69. The van der Waals surface area contributed by atoms with Crippen molar-refractivity contribution in [2.24, 2.45) is 23.7 Å². The van der Waals surface area contributed by atoms with Gasteiger partial charge in [-0.25, -0.2) is 0 Å². The van der Waals surface area contributed by atoms with Gasteiger partial charge in [-0.1, -0.05) is 26.7 Å². The lowest BCUT2D eigenvalue weighted by Crippen LogP contribution is -2.23. The van der Waals surface area contributed by atoms with E-state index >= 15 is 0 Å². The molecule has 0 radical (unpaired) electrons.